The normalized spacial score (nSPS) is 16.6. The third-order valence-electron chi connectivity index (χ3n) is 4.23. The number of ether oxygens (including phenoxy) is 2. The van der Waals surface area contributed by atoms with Crippen LogP contribution in [0.5, 0.6) is 11.5 Å². The van der Waals surface area contributed by atoms with E-state index in [4.69, 9.17) is 9.47 Å². The molecule has 0 spiro atoms. The van der Waals surface area contributed by atoms with Gasteiger partial charge < -0.3 is 20.1 Å². The lowest BCUT2D eigenvalue weighted by Crippen LogP contribution is -2.33. The van der Waals surface area contributed by atoms with Gasteiger partial charge in [0.05, 0.1) is 14.2 Å². The Morgan fingerprint density at radius 2 is 2.12 bits per heavy atom. The maximum atomic E-state index is 11.9. The van der Waals surface area contributed by atoms with E-state index in [9.17, 15) is 4.79 Å². The standard InChI is InChI=1S/C18H28N2O3S.ClH/c1-22-16-6-5-15(12-17(16)23-2)24-11-8-18(21)20-10-7-14-4-3-9-19-13-14;/h5-6,12,14,19H,3-4,7-11,13H2,1-2H3,(H,20,21);1H. The van der Waals surface area contributed by atoms with Gasteiger partial charge in [-0.2, -0.15) is 0 Å². The van der Waals surface area contributed by atoms with Crippen LogP contribution in [-0.2, 0) is 4.79 Å². The molecule has 0 aliphatic carbocycles. The van der Waals surface area contributed by atoms with Crippen LogP contribution >= 0.6 is 24.2 Å². The number of thioether (sulfide) groups is 1. The van der Waals surface area contributed by atoms with Crippen molar-refractivity contribution in [1.29, 1.82) is 0 Å². The van der Waals surface area contributed by atoms with Crippen molar-refractivity contribution in [2.24, 2.45) is 5.92 Å². The molecule has 7 heteroatoms. The molecular weight excluding hydrogens is 360 g/mol. The van der Waals surface area contributed by atoms with E-state index in [2.05, 4.69) is 10.6 Å². The number of halogens is 1. The number of methoxy groups -OCH3 is 2. The van der Waals surface area contributed by atoms with E-state index in [0.717, 1.165) is 42.5 Å². The van der Waals surface area contributed by atoms with E-state index in [1.165, 1.54) is 12.8 Å². The zero-order valence-electron chi connectivity index (χ0n) is 15.0. The Bertz CT molecular complexity index is 525. The zero-order valence-corrected chi connectivity index (χ0v) is 16.6. The fraction of sp³-hybridized carbons (Fsp3) is 0.611. The fourth-order valence-electron chi connectivity index (χ4n) is 2.84. The fourth-order valence-corrected chi connectivity index (χ4v) is 3.72. The number of piperidine rings is 1. The van der Waals surface area contributed by atoms with Crippen LogP contribution in [0.15, 0.2) is 23.1 Å². The Balaban J connectivity index is 0.00000312. The Kier molecular flexibility index (Phi) is 10.8. The number of amides is 1. The second kappa shape index (κ2) is 12.3. The van der Waals surface area contributed by atoms with Crippen molar-refractivity contribution < 1.29 is 14.3 Å². The second-order valence-electron chi connectivity index (χ2n) is 5.97. The van der Waals surface area contributed by atoms with Gasteiger partial charge in [0.1, 0.15) is 0 Å². The summed E-state index contributed by atoms with van der Waals surface area (Å²) in [6, 6.07) is 5.82. The molecule has 1 unspecified atom stereocenters. The van der Waals surface area contributed by atoms with Gasteiger partial charge in [0.2, 0.25) is 5.91 Å². The number of hydrogen-bond donors (Lipinski definition) is 2. The van der Waals surface area contributed by atoms with Crippen LogP contribution in [0.1, 0.15) is 25.7 Å². The Morgan fingerprint density at radius 3 is 2.80 bits per heavy atom. The molecule has 1 aliphatic heterocycles. The molecule has 1 atom stereocenters. The third kappa shape index (κ3) is 7.75. The van der Waals surface area contributed by atoms with Gasteiger partial charge in [0.15, 0.2) is 11.5 Å². The molecule has 1 amide bonds. The molecule has 1 aliphatic rings. The highest BCUT2D eigenvalue weighted by molar-refractivity contribution is 7.99. The van der Waals surface area contributed by atoms with Gasteiger partial charge in [-0.25, -0.2) is 0 Å². The second-order valence-corrected chi connectivity index (χ2v) is 7.13. The van der Waals surface area contributed by atoms with Gasteiger partial charge in [0, 0.05) is 23.6 Å². The van der Waals surface area contributed by atoms with Gasteiger partial charge in [-0.15, -0.1) is 24.2 Å². The predicted octanol–water partition coefficient (Wildman–Crippen LogP) is 3.11. The highest BCUT2D eigenvalue weighted by atomic mass is 35.5. The summed E-state index contributed by atoms with van der Waals surface area (Å²) in [5, 5.41) is 6.44. The van der Waals surface area contributed by atoms with Crippen LogP contribution in [0.4, 0.5) is 0 Å². The van der Waals surface area contributed by atoms with Crippen molar-refractivity contribution in [1.82, 2.24) is 10.6 Å². The van der Waals surface area contributed by atoms with Gasteiger partial charge >= 0.3 is 0 Å². The molecule has 1 heterocycles. The number of carbonyl (C=O) groups is 1. The Morgan fingerprint density at radius 1 is 1.32 bits per heavy atom. The topological polar surface area (TPSA) is 59.6 Å². The summed E-state index contributed by atoms with van der Waals surface area (Å²) >= 11 is 1.65. The van der Waals surface area contributed by atoms with Crippen molar-refractivity contribution in [3.05, 3.63) is 18.2 Å². The van der Waals surface area contributed by atoms with Crippen LogP contribution < -0.4 is 20.1 Å². The summed E-state index contributed by atoms with van der Waals surface area (Å²) in [7, 11) is 3.25. The van der Waals surface area contributed by atoms with E-state index in [1.807, 2.05) is 18.2 Å². The van der Waals surface area contributed by atoms with Crippen molar-refractivity contribution in [3.8, 4) is 11.5 Å². The van der Waals surface area contributed by atoms with Crippen molar-refractivity contribution in [3.63, 3.8) is 0 Å². The minimum absolute atomic E-state index is 0. The SMILES string of the molecule is COc1ccc(SCCC(=O)NCCC2CCCNC2)cc1OC.Cl. The molecule has 0 radical (unpaired) electrons. The summed E-state index contributed by atoms with van der Waals surface area (Å²) in [6.45, 7) is 3.01. The average molecular weight is 389 g/mol. The molecular formula is C18H29ClN2O3S. The first-order valence-corrected chi connectivity index (χ1v) is 9.53. The van der Waals surface area contributed by atoms with Crippen molar-refractivity contribution in [2.45, 2.75) is 30.6 Å². The number of rotatable bonds is 9. The molecule has 142 valence electrons. The van der Waals surface area contributed by atoms with Crippen molar-refractivity contribution in [2.75, 3.05) is 39.6 Å². The Hall–Kier alpha value is -1.11. The molecule has 1 fully saturated rings. The molecule has 1 saturated heterocycles. The number of carbonyl (C=O) groups excluding carboxylic acids is 1. The van der Waals surface area contributed by atoms with E-state index in [0.29, 0.717) is 18.1 Å². The third-order valence-corrected chi connectivity index (χ3v) is 5.22. The highest BCUT2D eigenvalue weighted by Crippen LogP contribution is 2.31. The zero-order chi connectivity index (χ0) is 17.2. The molecule has 2 N–H and O–H groups in total. The number of nitrogens with one attached hydrogen (secondary N) is 2. The minimum atomic E-state index is 0. The summed E-state index contributed by atoms with van der Waals surface area (Å²) < 4.78 is 10.5. The van der Waals surface area contributed by atoms with E-state index in [-0.39, 0.29) is 18.3 Å². The quantitative estimate of drug-likeness (QED) is 0.636. The predicted molar refractivity (Wildman–Crippen MR) is 105 cm³/mol. The first kappa shape index (κ1) is 21.9. The summed E-state index contributed by atoms with van der Waals surface area (Å²) in [5.41, 5.74) is 0. The van der Waals surface area contributed by atoms with Crippen LogP contribution in [0.25, 0.3) is 0 Å². The monoisotopic (exact) mass is 388 g/mol. The minimum Gasteiger partial charge on any atom is -0.493 e. The van der Waals surface area contributed by atoms with Gasteiger partial charge in [-0.1, -0.05) is 0 Å². The van der Waals surface area contributed by atoms with Crippen LogP contribution in [-0.4, -0.2) is 45.5 Å². The lowest BCUT2D eigenvalue weighted by Gasteiger charge is -2.22. The van der Waals surface area contributed by atoms with E-state index < -0.39 is 0 Å². The summed E-state index contributed by atoms with van der Waals surface area (Å²) in [5.74, 6) is 3.03. The van der Waals surface area contributed by atoms with Gasteiger partial charge in [0.25, 0.3) is 0 Å². The summed E-state index contributed by atoms with van der Waals surface area (Å²) in [4.78, 5) is 13.0. The molecule has 5 nitrogen and oxygen atoms in total. The molecule has 1 aromatic rings. The van der Waals surface area contributed by atoms with Crippen molar-refractivity contribution >= 4 is 30.1 Å². The van der Waals surface area contributed by atoms with Gasteiger partial charge in [-0.05, 0) is 56.5 Å². The van der Waals surface area contributed by atoms with Crippen LogP contribution in [0, 0.1) is 5.92 Å². The maximum absolute atomic E-state index is 11.9. The van der Waals surface area contributed by atoms with Crippen LogP contribution in [0.3, 0.4) is 0 Å². The average Bonchev–Trinajstić information content (AvgIpc) is 2.62. The first-order chi connectivity index (χ1) is 11.7. The number of benzene rings is 1. The molecule has 2 rings (SSSR count). The molecule has 1 aromatic carbocycles. The van der Waals surface area contributed by atoms with E-state index >= 15 is 0 Å². The molecule has 0 saturated carbocycles. The lowest BCUT2D eigenvalue weighted by molar-refractivity contribution is -0.120. The Labute approximate surface area is 161 Å². The first-order valence-electron chi connectivity index (χ1n) is 8.55. The maximum Gasteiger partial charge on any atom is 0.220 e. The number of hydrogen-bond acceptors (Lipinski definition) is 5. The smallest absolute Gasteiger partial charge is 0.220 e. The largest absolute Gasteiger partial charge is 0.493 e. The molecule has 0 bridgehead atoms. The molecule has 0 aromatic heterocycles. The summed E-state index contributed by atoms with van der Waals surface area (Å²) in [6.07, 6.45) is 4.13. The highest BCUT2D eigenvalue weighted by Gasteiger charge is 2.13. The van der Waals surface area contributed by atoms with E-state index in [1.54, 1.807) is 26.0 Å². The van der Waals surface area contributed by atoms with Crippen LogP contribution in [0.2, 0.25) is 0 Å². The van der Waals surface area contributed by atoms with Gasteiger partial charge in [-0.3, -0.25) is 4.79 Å². The molecule has 25 heavy (non-hydrogen) atoms. The lowest BCUT2D eigenvalue weighted by atomic mass is 9.96.